The Kier molecular flexibility index (Phi) is 5.96. The standard InChI is InChI=1S/C12H28N2OSi/c1-11(2)10-14(8-7-13-3)12(16)6-4-5-9-15-12/h11,13H,4-10H2,1-3,16H3. The van der Waals surface area contributed by atoms with Crippen molar-refractivity contribution in [2.24, 2.45) is 5.92 Å². The van der Waals surface area contributed by atoms with Crippen LogP contribution in [-0.4, -0.2) is 53.8 Å². The van der Waals surface area contributed by atoms with Crippen molar-refractivity contribution in [3.8, 4) is 0 Å². The molecule has 0 aliphatic carbocycles. The maximum atomic E-state index is 6.09. The van der Waals surface area contributed by atoms with E-state index in [9.17, 15) is 0 Å². The van der Waals surface area contributed by atoms with Crippen LogP contribution in [-0.2, 0) is 4.74 Å². The summed E-state index contributed by atoms with van der Waals surface area (Å²) in [6.07, 6.45) is 3.80. The highest BCUT2D eigenvalue weighted by Crippen LogP contribution is 2.26. The summed E-state index contributed by atoms with van der Waals surface area (Å²) in [5, 5.41) is 3.36. The highest BCUT2D eigenvalue weighted by molar-refractivity contribution is 6.14. The molecule has 96 valence electrons. The van der Waals surface area contributed by atoms with Gasteiger partial charge in [-0.25, -0.2) is 0 Å². The molecule has 4 heteroatoms. The Morgan fingerprint density at radius 1 is 1.44 bits per heavy atom. The van der Waals surface area contributed by atoms with Crippen molar-refractivity contribution in [2.45, 2.75) is 38.5 Å². The first-order valence-corrected chi connectivity index (χ1v) is 7.62. The largest absolute Gasteiger partial charge is 0.365 e. The van der Waals surface area contributed by atoms with E-state index < -0.39 is 0 Å². The molecular formula is C12H28N2OSi. The third-order valence-corrected chi connectivity index (χ3v) is 4.76. The van der Waals surface area contributed by atoms with Gasteiger partial charge >= 0.3 is 0 Å². The highest BCUT2D eigenvalue weighted by Gasteiger charge is 2.33. The summed E-state index contributed by atoms with van der Waals surface area (Å²) in [5.74, 6) is 0.716. The molecule has 0 saturated carbocycles. The highest BCUT2D eigenvalue weighted by atomic mass is 28.1. The summed E-state index contributed by atoms with van der Waals surface area (Å²) >= 11 is 0. The van der Waals surface area contributed by atoms with E-state index in [0.29, 0.717) is 5.92 Å². The van der Waals surface area contributed by atoms with Gasteiger partial charge in [0, 0.05) is 26.2 Å². The molecule has 0 aromatic carbocycles. The minimum absolute atomic E-state index is 0.110. The van der Waals surface area contributed by atoms with Crippen LogP contribution in [0.25, 0.3) is 0 Å². The van der Waals surface area contributed by atoms with E-state index in [1.807, 2.05) is 7.05 Å². The third-order valence-electron chi connectivity index (χ3n) is 3.33. The van der Waals surface area contributed by atoms with Gasteiger partial charge < -0.3 is 10.1 Å². The van der Waals surface area contributed by atoms with Crippen LogP contribution in [0.5, 0.6) is 0 Å². The Morgan fingerprint density at radius 2 is 2.19 bits per heavy atom. The Bertz CT molecular complexity index is 193. The topological polar surface area (TPSA) is 24.5 Å². The Balaban J connectivity index is 2.57. The lowest BCUT2D eigenvalue weighted by atomic mass is 10.1. The molecule has 1 atom stereocenters. The van der Waals surface area contributed by atoms with Gasteiger partial charge in [-0.15, -0.1) is 0 Å². The summed E-state index contributed by atoms with van der Waals surface area (Å²) in [7, 11) is 3.13. The Labute approximate surface area is 103 Å². The lowest BCUT2D eigenvalue weighted by Crippen LogP contribution is -2.55. The second kappa shape index (κ2) is 6.74. The Morgan fingerprint density at radius 3 is 2.69 bits per heavy atom. The lowest BCUT2D eigenvalue weighted by Gasteiger charge is -2.44. The summed E-state index contributed by atoms with van der Waals surface area (Å²) in [4.78, 5) is 2.57. The monoisotopic (exact) mass is 244 g/mol. The number of rotatable bonds is 6. The van der Waals surface area contributed by atoms with Gasteiger partial charge in [0.2, 0.25) is 0 Å². The zero-order valence-electron chi connectivity index (χ0n) is 11.4. The van der Waals surface area contributed by atoms with Crippen molar-refractivity contribution >= 4 is 10.2 Å². The summed E-state index contributed by atoms with van der Waals surface area (Å²) in [6.45, 7) is 8.86. The van der Waals surface area contributed by atoms with Gasteiger partial charge in [0.05, 0.1) is 15.6 Å². The van der Waals surface area contributed by atoms with Crippen molar-refractivity contribution in [2.75, 3.05) is 33.3 Å². The van der Waals surface area contributed by atoms with Crippen LogP contribution in [0, 0.1) is 5.92 Å². The lowest BCUT2D eigenvalue weighted by molar-refractivity contribution is -0.124. The predicted molar refractivity (Wildman–Crippen MR) is 72.8 cm³/mol. The quantitative estimate of drug-likeness (QED) is 0.684. The van der Waals surface area contributed by atoms with E-state index >= 15 is 0 Å². The number of nitrogens with zero attached hydrogens (tertiary/aromatic N) is 1. The second-order valence-corrected chi connectivity index (χ2v) is 6.99. The van der Waals surface area contributed by atoms with Crippen molar-refractivity contribution in [1.29, 1.82) is 0 Å². The first-order chi connectivity index (χ1) is 7.58. The molecule has 3 nitrogen and oxygen atoms in total. The molecule has 0 bridgehead atoms. The van der Waals surface area contributed by atoms with E-state index in [0.717, 1.165) is 36.5 Å². The molecule has 1 fully saturated rings. The summed E-state index contributed by atoms with van der Waals surface area (Å²) in [5.41, 5.74) is 0. The molecule has 1 unspecified atom stereocenters. The van der Waals surface area contributed by atoms with Gasteiger partial charge in [0.15, 0.2) is 0 Å². The molecule has 0 spiro atoms. The molecule has 1 rings (SSSR count). The van der Waals surface area contributed by atoms with Gasteiger partial charge in [-0.05, 0) is 32.2 Å². The zero-order chi connectivity index (χ0) is 12.0. The number of hydrogen-bond donors (Lipinski definition) is 1. The minimum Gasteiger partial charge on any atom is -0.365 e. The van der Waals surface area contributed by atoms with Crippen molar-refractivity contribution in [3.63, 3.8) is 0 Å². The molecule has 1 saturated heterocycles. The SMILES string of the molecule is CNCCN(CC(C)C)C1([SiH3])CCCCO1. The van der Waals surface area contributed by atoms with Gasteiger partial charge in [-0.3, -0.25) is 4.90 Å². The maximum Gasteiger partial charge on any atom is 0.0971 e. The van der Waals surface area contributed by atoms with Crippen LogP contribution < -0.4 is 5.32 Å². The van der Waals surface area contributed by atoms with E-state index in [-0.39, 0.29) is 5.35 Å². The average molecular weight is 244 g/mol. The molecule has 1 heterocycles. The number of likely N-dealkylation sites (N-methyl/N-ethyl adjacent to an activating group) is 1. The summed E-state index contributed by atoms with van der Waals surface area (Å²) < 4.78 is 6.09. The smallest absolute Gasteiger partial charge is 0.0971 e. The fourth-order valence-electron chi connectivity index (χ4n) is 2.38. The second-order valence-electron chi connectivity index (χ2n) is 5.42. The zero-order valence-corrected chi connectivity index (χ0v) is 13.4. The summed E-state index contributed by atoms with van der Waals surface area (Å²) in [6, 6.07) is 0. The normalized spacial score (nSPS) is 26.8. The van der Waals surface area contributed by atoms with Crippen LogP contribution in [0.4, 0.5) is 0 Å². The van der Waals surface area contributed by atoms with Crippen LogP contribution in [0.15, 0.2) is 0 Å². The van der Waals surface area contributed by atoms with Crippen LogP contribution >= 0.6 is 0 Å². The van der Waals surface area contributed by atoms with E-state index in [4.69, 9.17) is 4.74 Å². The molecule has 0 aromatic heterocycles. The molecule has 1 N–H and O–H groups in total. The van der Waals surface area contributed by atoms with Crippen molar-refractivity contribution in [3.05, 3.63) is 0 Å². The third kappa shape index (κ3) is 4.16. The number of hydrogen-bond acceptors (Lipinski definition) is 3. The number of nitrogens with one attached hydrogen (secondary N) is 1. The van der Waals surface area contributed by atoms with Crippen LogP contribution in [0.3, 0.4) is 0 Å². The van der Waals surface area contributed by atoms with Gasteiger partial charge in [0.25, 0.3) is 0 Å². The maximum absolute atomic E-state index is 6.09. The first-order valence-electron chi connectivity index (χ1n) is 6.62. The van der Waals surface area contributed by atoms with E-state index in [2.05, 4.69) is 24.1 Å². The fourth-order valence-corrected chi connectivity index (χ4v) is 3.34. The van der Waals surface area contributed by atoms with E-state index in [1.165, 1.54) is 19.3 Å². The fraction of sp³-hybridized carbons (Fsp3) is 1.00. The predicted octanol–water partition coefficient (Wildman–Crippen LogP) is 0.383. The molecule has 0 amide bonds. The van der Waals surface area contributed by atoms with Gasteiger partial charge in [0.1, 0.15) is 0 Å². The molecule has 0 radical (unpaired) electrons. The molecular weight excluding hydrogens is 216 g/mol. The number of ether oxygens (including phenoxy) is 1. The molecule has 16 heavy (non-hydrogen) atoms. The van der Waals surface area contributed by atoms with Gasteiger partial charge in [-0.1, -0.05) is 13.8 Å². The van der Waals surface area contributed by atoms with E-state index in [1.54, 1.807) is 0 Å². The van der Waals surface area contributed by atoms with Crippen LogP contribution in [0.2, 0.25) is 0 Å². The molecule has 0 aromatic rings. The van der Waals surface area contributed by atoms with Gasteiger partial charge in [-0.2, -0.15) is 0 Å². The minimum atomic E-state index is 0.110. The first kappa shape index (κ1) is 14.2. The Hall–Kier alpha value is 0.0969. The van der Waals surface area contributed by atoms with Crippen molar-refractivity contribution < 1.29 is 4.74 Å². The average Bonchev–Trinajstić information content (AvgIpc) is 2.24. The molecule has 1 aliphatic rings. The van der Waals surface area contributed by atoms with Crippen molar-refractivity contribution in [1.82, 2.24) is 10.2 Å². The van der Waals surface area contributed by atoms with Crippen LogP contribution in [0.1, 0.15) is 33.1 Å². The molecule has 1 aliphatic heterocycles.